The van der Waals surface area contributed by atoms with Gasteiger partial charge in [0.15, 0.2) is 0 Å². The largest absolute Gasteiger partial charge is 0.481 e. The summed E-state index contributed by atoms with van der Waals surface area (Å²) in [6.07, 6.45) is 2.00. The Morgan fingerprint density at radius 3 is 3.10 bits per heavy atom. The van der Waals surface area contributed by atoms with Crippen LogP contribution in [0.5, 0.6) is 0 Å². The van der Waals surface area contributed by atoms with Gasteiger partial charge in [0.2, 0.25) is 0 Å². The quantitative estimate of drug-likeness (QED) is 0.672. The molecule has 0 radical (unpaired) electrons. The fourth-order valence-electron chi connectivity index (χ4n) is 0.601. The Morgan fingerprint density at radius 1 is 1.80 bits per heavy atom. The first kappa shape index (κ1) is 6.80. The molecule has 0 spiro atoms. The van der Waals surface area contributed by atoms with Gasteiger partial charge in [-0.25, -0.2) is 0 Å². The molecule has 1 rings (SSSR count). The molecule has 4 heteroatoms. The van der Waals surface area contributed by atoms with E-state index in [4.69, 9.17) is 5.11 Å². The average molecular weight is 141 g/mol. The first-order valence-corrected chi connectivity index (χ1v) is 2.90. The fourth-order valence-corrected chi connectivity index (χ4v) is 0.601. The lowest BCUT2D eigenvalue weighted by molar-refractivity contribution is -0.137. The van der Waals surface area contributed by atoms with Gasteiger partial charge in [0, 0.05) is 12.5 Å². The van der Waals surface area contributed by atoms with Crippen LogP contribution in [-0.4, -0.2) is 16.2 Å². The second kappa shape index (κ2) is 3.00. The minimum absolute atomic E-state index is 0.0925. The average Bonchev–Trinajstić information content (AvgIpc) is 2.34. The third-order valence-corrected chi connectivity index (χ3v) is 1.08. The van der Waals surface area contributed by atoms with Crippen molar-refractivity contribution in [1.82, 2.24) is 5.16 Å². The summed E-state index contributed by atoms with van der Waals surface area (Å²) in [5.41, 5.74) is 0. The minimum Gasteiger partial charge on any atom is -0.481 e. The van der Waals surface area contributed by atoms with E-state index >= 15 is 0 Å². The summed E-state index contributed by atoms with van der Waals surface area (Å²) in [7, 11) is 0. The number of aryl methyl sites for hydroxylation is 1. The maximum Gasteiger partial charge on any atom is 0.303 e. The molecule has 1 aromatic heterocycles. The zero-order valence-electron chi connectivity index (χ0n) is 5.28. The van der Waals surface area contributed by atoms with Crippen LogP contribution in [0.1, 0.15) is 12.2 Å². The van der Waals surface area contributed by atoms with Gasteiger partial charge in [-0.3, -0.25) is 4.79 Å². The summed E-state index contributed by atoms with van der Waals surface area (Å²) in [4.78, 5) is 10.0. The molecule has 0 saturated heterocycles. The highest BCUT2D eigenvalue weighted by Crippen LogP contribution is 1.99. The Hall–Kier alpha value is -1.32. The van der Waals surface area contributed by atoms with E-state index in [1.54, 1.807) is 6.07 Å². The van der Waals surface area contributed by atoms with Gasteiger partial charge >= 0.3 is 5.97 Å². The van der Waals surface area contributed by atoms with Gasteiger partial charge in [-0.15, -0.1) is 0 Å². The first-order chi connectivity index (χ1) is 4.79. The maximum atomic E-state index is 10.0. The molecule has 0 aliphatic carbocycles. The van der Waals surface area contributed by atoms with Gasteiger partial charge in [0.1, 0.15) is 5.76 Å². The fraction of sp³-hybridized carbons (Fsp3) is 0.333. The number of rotatable bonds is 3. The Morgan fingerprint density at radius 2 is 2.60 bits per heavy atom. The lowest BCUT2D eigenvalue weighted by atomic mass is 10.2. The van der Waals surface area contributed by atoms with E-state index in [1.165, 1.54) is 6.20 Å². The summed E-state index contributed by atoms with van der Waals surface area (Å²) >= 11 is 0. The Kier molecular flexibility index (Phi) is 2.04. The van der Waals surface area contributed by atoms with Crippen molar-refractivity contribution in [3.63, 3.8) is 0 Å². The third kappa shape index (κ3) is 1.89. The van der Waals surface area contributed by atoms with E-state index in [0.717, 1.165) is 0 Å². The Bertz CT molecular complexity index is 205. The maximum absolute atomic E-state index is 10.0. The van der Waals surface area contributed by atoms with Crippen molar-refractivity contribution >= 4 is 5.97 Å². The molecule has 0 aromatic carbocycles. The second-order valence-electron chi connectivity index (χ2n) is 1.87. The highest BCUT2D eigenvalue weighted by molar-refractivity contribution is 5.66. The summed E-state index contributed by atoms with van der Waals surface area (Å²) in [5.74, 6) is -0.209. The van der Waals surface area contributed by atoms with Crippen molar-refractivity contribution in [3.05, 3.63) is 18.0 Å². The summed E-state index contributed by atoms with van der Waals surface area (Å²) in [6.45, 7) is 0. The molecule has 4 nitrogen and oxygen atoms in total. The van der Waals surface area contributed by atoms with E-state index in [1.807, 2.05) is 0 Å². The minimum atomic E-state index is -0.823. The second-order valence-corrected chi connectivity index (χ2v) is 1.87. The van der Waals surface area contributed by atoms with E-state index in [0.29, 0.717) is 12.2 Å². The molecule has 1 aromatic rings. The molecule has 0 atom stereocenters. The molecular weight excluding hydrogens is 134 g/mol. The van der Waals surface area contributed by atoms with Gasteiger partial charge in [-0.1, -0.05) is 5.16 Å². The van der Waals surface area contributed by atoms with Crippen molar-refractivity contribution in [2.45, 2.75) is 12.8 Å². The molecule has 0 fully saturated rings. The number of carboxylic acids is 1. The van der Waals surface area contributed by atoms with Gasteiger partial charge in [0.05, 0.1) is 12.6 Å². The molecule has 0 amide bonds. The SMILES string of the molecule is O=C(O)CCc1ccno1. The molecule has 0 aliphatic rings. The van der Waals surface area contributed by atoms with Crippen LogP contribution in [0.25, 0.3) is 0 Å². The summed E-state index contributed by atoms with van der Waals surface area (Å²) in [5, 5.41) is 11.7. The normalized spacial score (nSPS) is 9.60. The lowest BCUT2D eigenvalue weighted by Gasteiger charge is -1.87. The van der Waals surface area contributed by atoms with Crippen LogP contribution in [0.3, 0.4) is 0 Å². The summed E-state index contributed by atoms with van der Waals surface area (Å²) in [6, 6.07) is 1.66. The first-order valence-electron chi connectivity index (χ1n) is 2.90. The molecule has 1 N–H and O–H groups in total. The molecule has 0 bridgehead atoms. The van der Waals surface area contributed by atoms with Gasteiger partial charge in [0.25, 0.3) is 0 Å². The molecule has 0 saturated carbocycles. The number of nitrogens with zero attached hydrogens (tertiary/aromatic N) is 1. The number of carboxylic acid groups (broad SMARTS) is 1. The van der Waals surface area contributed by atoms with Crippen LogP contribution in [0, 0.1) is 0 Å². The van der Waals surface area contributed by atoms with Crippen LogP contribution < -0.4 is 0 Å². The van der Waals surface area contributed by atoms with Gasteiger partial charge < -0.3 is 9.63 Å². The smallest absolute Gasteiger partial charge is 0.303 e. The highest BCUT2D eigenvalue weighted by atomic mass is 16.5. The standard InChI is InChI=1S/C6H7NO3/c8-6(9)2-1-5-3-4-7-10-5/h3-4H,1-2H2,(H,8,9). The number of carbonyl (C=O) groups is 1. The number of hydrogen-bond donors (Lipinski definition) is 1. The van der Waals surface area contributed by atoms with Crippen LogP contribution in [0.2, 0.25) is 0 Å². The number of aliphatic carboxylic acids is 1. The Balaban J connectivity index is 2.35. The topological polar surface area (TPSA) is 63.3 Å². The van der Waals surface area contributed by atoms with E-state index in [2.05, 4.69) is 9.68 Å². The zero-order chi connectivity index (χ0) is 7.40. The molecule has 10 heavy (non-hydrogen) atoms. The van der Waals surface area contributed by atoms with Crippen LogP contribution in [0.15, 0.2) is 16.8 Å². The van der Waals surface area contributed by atoms with Crippen LogP contribution >= 0.6 is 0 Å². The van der Waals surface area contributed by atoms with Crippen molar-refractivity contribution < 1.29 is 14.4 Å². The molecule has 54 valence electrons. The van der Waals surface area contributed by atoms with Crippen molar-refractivity contribution in [1.29, 1.82) is 0 Å². The third-order valence-electron chi connectivity index (χ3n) is 1.08. The van der Waals surface area contributed by atoms with E-state index < -0.39 is 5.97 Å². The van der Waals surface area contributed by atoms with Crippen molar-refractivity contribution in [2.24, 2.45) is 0 Å². The van der Waals surface area contributed by atoms with E-state index in [-0.39, 0.29) is 6.42 Å². The predicted molar refractivity (Wildman–Crippen MR) is 32.5 cm³/mol. The molecule has 1 heterocycles. The highest BCUT2D eigenvalue weighted by Gasteiger charge is 2.00. The van der Waals surface area contributed by atoms with Crippen molar-refractivity contribution in [3.8, 4) is 0 Å². The lowest BCUT2D eigenvalue weighted by Crippen LogP contribution is -1.95. The van der Waals surface area contributed by atoms with Crippen molar-refractivity contribution in [2.75, 3.05) is 0 Å². The van der Waals surface area contributed by atoms with Gasteiger partial charge in [-0.05, 0) is 0 Å². The number of aromatic nitrogens is 1. The Labute approximate surface area is 57.4 Å². The van der Waals surface area contributed by atoms with Crippen LogP contribution in [0.4, 0.5) is 0 Å². The van der Waals surface area contributed by atoms with Gasteiger partial charge in [-0.2, -0.15) is 0 Å². The zero-order valence-corrected chi connectivity index (χ0v) is 5.28. The van der Waals surface area contributed by atoms with E-state index in [9.17, 15) is 4.79 Å². The molecular formula is C6H7NO3. The number of hydrogen-bond acceptors (Lipinski definition) is 3. The summed E-state index contributed by atoms with van der Waals surface area (Å²) < 4.78 is 4.67. The van der Waals surface area contributed by atoms with Crippen LogP contribution in [-0.2, 0) is 11.2 Å². The molecule has 0 aliphatic heterocycles. The molecule has 0 unspecified atom stereocenters. The predicted octanol–water partition coefficient (Wildman–Crippen LogP) is 0.692. The monoisotopic (exact) mass is 141 g/mol.